The van der Waals surface area contributed by atoms with Crippen molar-refractivity contribution in [2.24, 2.45) is 0 Å². The molecular weight excluding hydrogens is 268 g/mol. The van der Waals surface area contributed by atoms with E-state index in [-0.39, 0.29) is 16.9 Å². The van der Waals surface area contributed by atoms with Gasteiger partial charge in [0.1, 0.15) is 5.56 Å². The van der Waals surface area contributed by atoms with Crippen molar-refractivity contribution in [2.45, 2.75) is 25.4 Å². The molecule has 21 heavy (non-hydrogen) atoms. The lowest BCUT2D eigenvalue weighted by Gasteiger charge is -2.35. The van der Waals surface area contributed by atoms with Crippen LogP contribution in [0.15, 0.2) is 35.3 Å². The summed E-state index contributed by atoms with van der Waals surface area (Å²) in [6.45, 7) is 2.72. The van der Waals surface area contributed by atoms with Crippen molar-refractivity contribution in [1.82, 2.24) is 9.88 Å². The molecule has 0 atom stereocenters. The number of aromatic amines is 1. The van der Waals surface area contributed by atoms with Crippen LogP contribution in [0.3, 0.4) is 0 Å². The first-order valence-corrected chi connectivity index (χ1v) is 7.10. The lowest BCUT2D eigenvalue weighted by atomic mass is 9.93. The lowest BCUT2D eigenvalue weighted by molar-refractivity contribution is -0.00206. The van der Waals surface area contributed by atoms with Crippen LogP contribution in [0.2, 0.25) is 0 Å². The minimum absolute atomic E-state index is 0.162. The maximum atomic E-state index is 12.5. The molecular formula is C16H18N2O3. The van der Waals surface area contributed by atoms with Gasteiger partial charge < -0.3 is 15.0 Å². The number of aromatic nitrogens is 1. The van der Waals surface area contributed by atoms with Crippen LogP contribution in [0.4, 0.5) is 0 Å². The molecule has 0 spiro atoms. The zero-order valence-corrected chi connectivity index (χ0v) is 11.9. The van der Waals surface area contributed by atoms with Crippen molar-refractivity contribution in [3.63, 3.8) is 0 Å². The molecule has 1 saturated heterocycles. The first kappa shape index (κ1) is 13.8. The van der Waals surface area contributed by atoms with Crippen molar-refractivity contribution < 1.29 is 9.90 Å². The molecule has 0 bridgehead atoms. The van der Waals surface area contributed by atoms with Crippen LogP contribution < -0.4 is 5.43 Å². The van der Waals surface area contributed by atoms with E-state index in [1.165, 1.54) is 6.20 Å². The van der Waals surface area contributed by atoms with E-state index in [9.17, 15) is 14.7 Å². The molecule has 1 amide bonds. The molecule has 1 fully saturated rings. The van der Waals surface area contributed by atoms with Gasteiger partial charge in [0.2, 0.25) is 5.43 Å². The van der Waals surface area contributed by atoms with Gasteiger partial charge in [-0.3, -0.25) is 9.59 Å². The number of hydrogen-bond donors (Lipinski definition) is 2. The quantitative estimate of drug-likeness (QED) is 0.834. The monoisotopic (exact) mass is 286 g/mol. The van der Waals surface area contributed by atoms with Crippen LogP contribution in [0.25, 0.3) is 10.9 Å². The third kappa shape index (κ3) is 2.56. The average Bonchev–Trinajstić information content (AvgIpc) is 2.47. The van der Waals surface area contributed by atoms with E-state index in [2.05, 4.69) is 4.98 Å². The number of nitrogens with zero attached hydrogens (tertiary/aromatic N) is 1. The van der Waals surface area contributed by atoms with E-state index in [0.29, 0.717) is 31.3 Å². The van der Waals surface area contributed by atoms with Crippen LogP contribution in [0, 0.1) is 0 Å². The van der Waals surface area contributed by atoms with Gasteiger partial charge in [-0.05, 0) is 31.9 Å². The summed E-state index contributed by atoms with van der Waals surface area (Å²) in [5.74, 6) is -0.266. The highest BCUT2D eigenvalue weighted by Crippen LogP contribution is 2.22. The number of hydrogen-bond acceptors (Lipinski definition) is 3. The number of para-hydroxylation sites is 1. The summed E-state index contributed by atoms with van der Waals surface area (Å²) in [4.78, 5) is 29.6. The minimum Gasteiger partial charge on any atom is -0.390 e. The highest BCUT2D eigenvalue weighted by atomic mass is 16.3. The first-order valence-electron chi connectivity index (χ1n) is 7.10. The van der Waals surface area contributed by atoms with Gasteiger partial charge in [-0.1, -0.05) is 12.1 Å². The second-order valence-electron chi connectivity index (χ2n) is 5.87. The van der Waals surface area contributed by atoms with Gasteiger partial charge in [0.25, 0.3) is 5.91 Å². The molecule has 3 rings (SSSR count). The summed E-state index contributed by atoms with van der Waals surface area (Å²) < 4.78 is 0. The van der Waals surface area contributed by atoms with E-state index in [4.69, 9.17) is 0 Å². The molecule has 0 radical (unpaired) electrons. The second kappa shape index (κ2) is 5.00. The minimum atomic E-state index is -0.716. The summed E-state index contributed by atoms with van der Waals surface area (Å²) in [6, 6.07) is 7.14. The number of likely N-dealkylation sites (tertiary alicyclic amines) is 1. The third-order valence-electron chi connectivity index (χ3n) is 4.15. The van der Waals surface area contributed by atoms with Gasteiger partial charge in [0.15, 0.2) is 0 Å². The summed E-state index contributed by atoms with van der Waals surface area (Å²) >= 11 is 0. The Kier molecular flexibility index (Phi) is 3.29. The van der Waals surface area contributed by atoms with E-state index < -0.39 is 5.60 Å². The molecule has 110 valence electrons. The van der Waals surface area contributed by atoms with Crippen molar-refractivity contribution in [2.75, 3.05) is 13.1 Å². The van der Waals surface area contributed by atoms with E-state index in [1.807, 2.05) is 12.1 Å². The van der Waals surface area contributed by atoms with Crippen molar-refractivity contribution in [3.8, 4) is 0 Å². The molecule has 0 aliphatic carbocycles. The average molecular weight is 286 g/mol. The highest BCUT2D eigenvalue weighted by Gasteiger charge is 2.30. The Bertz CT molecular complexity index is 739. The smallest absolute Gasteiger partial charge is 0.259 e. The van der Waals surface area contributed by atoms with Crippen molar-refractivity contribution in [1.29, 1.82) is 0 Å². The molecule has 1 aliphatic rings. The van der Waals surface area contributed by atoms with Crippen molar-refractivity contribution in [3.05, 3.63) is 46.2 Å². The largest absolute Gasteiger partial charge is 0.390 e. The molecule has 2 heterocycles. The van der Waals surface area contributed by atoms with E-state index >= 15 is 0 Å². The molecule has 1 aromatic carbocycles. The number of carbonyl (C=O) groups is 1. The normalized spacial score (nSPS) is 17.9. The number of rotatable bonds is 1. The molecule has 2 aromatic rings. The third-order valence-corrected chi connectivity index (χ3v) is 4.15. The number of aliphatic hydroxyl groups is 1. The molecule has 1 aromatic heterocycles. The summed E-state index contributed by atoms with van der Waals surface area (Å²) in [5, 5.41) is 10.5. The molecule has 2 N–H and O–H groups in total. The Hall–Kier alpha value is -2.14. The molecule has 0 unspecified atom stereocenters. The maximum Gasteiger partial charge on any atom is 0.259 e. The standard InChI is InChI=1S/C16H18N2O3/c1-16(21)6-8-18(9-7-16)15(20)12-10-17-13-5-3-2-4-11(13)14(12)19/h2-5,10,21H,6-9H2,1H3,(H,17,19). The number of piperidine rings is 1. The van der Waals surface area contributed by atoms with Crippen LogP contribution in [0.5, 0.6) is 0 Å². The van der Waals surface area contributed by atoms with E-state index in [1.54, 1.807) is 24.0 Å². The summed E-state index contributed by atoms with van der Waals surface area (Å²) in [6.07, 6.45) is 2.55. The zero-order valence-electron chi connectivity index (χ0n) is 11.9. The number of amides is 1. The molecule has 1 aliphatic heterocycles. The summed E-state index contributed by atoms with van der Waals surface area (Å²) in [5.41, 5.74) is -0.0744. The fraction of sp³-hybridized carbons (Fsp3) is 0.375. The fourth-order valence-corrected chi connectivity index (χ4v) is 2.69. The van der Waals surface area contributed by atoms with Gasteiger partial charge in [0.05, 0.1) is 5.60 Å². The number of H-pyrrole nitrogens is 1. The van der Waals surface area contributed by atoms with Crippen LogP contribution in [-0.4, -0.2) is 39.6 Å². The van der Waals surface area contributed by atoms with Gasteiger partial charge in [0, 0.05) is 30.2 Å². The Balaban J connectivity index is 1.92. The van der Waals surface area contributed by atoms with Crippen LogP contribution in [-0.2, 0) is 0 Å². The zero-order chi connectivity index (χ0) is 15.0. The molecule has 0 saturated carbocycles. The van der Waals surface area contributed by atoms with Gasteiger partial charge in [-0.25, -0.2) is 0 Å². The predicted octanol–water partition coefficient (Wildman–Crippen LogP) is 1.52. The van der Waals surface area contributed by atoms with Crippen LogP contribution >= 0.6 is 0 Å². The topological polar surface area (TPSA) is 73.4 Å². The van der Waals surface area contributed by atoms with Gasteiger partial charge in [-0.2, -0.15) is 0 Å². The highest BCUT2D eigenvalue weighted by molar-refractivity contribution is 5.97. The fourth-order valence-electron chi connectivity index (χ4n) is 2.69. The Morgan fingerprint density at radius 3 is 2.67 bits per heavy atom. The lowest BCUT2D eigenvalue weighted by Crippen LogP contribution is -2.46. The maximum absolute atomic E-state index is 12.5. The number of benzene rings is 1. The second-order valence-corrected chi connectivity index (χ2v) is 5.87. The Morgan fingerprint density at radius 2 is 1.95 bits per heavy atom. The van der Waals surface area contributed by atoms with Gasteiger partial charge >= 0.3 is 0 Å². The number of nitrogens with one attached hydrogen (secondary N) is 1. The first-order chi connectivity index (χ1) is 9.98. The Labute approximate surface area is 122 Å². The number of carbonyl (C=O) groups excluding carboxylic acids is 1. The Morgan fingerprint density at radius 1 is 1.29 bits per heavy atom. The number of pyridine rings is 1. The van der Waals surface area contributed by atoms with Gasteiger partial charge in [-0.15, -0.1) is 0 Å². The molecule has 5 heteroatoms. The SMILES string of the molecule is CC1(O)CCN(C(=O)c2c[nH]c3ccccc3c2=O)CC1. The summed E-state index contributed by atoms with van der Waals surface area (Å²) in [7, 11) is 0. The van der Waals surface area contributed by atoms with Crippen molar-refractivity contribution >= 4 is 16.8 Å². The molecule has 5 nitrogen and oxygen atoms in total. The van der Waals surface area contributed by atoms with E-state index in [0.717, 1.165) is 5.52 Å². The van der Waals surface area contributed by atoms with Crippen LogP contribution in [0.1, 0.15) is 30.1 Å². The predicted molar refractivity (Wildman–Crippen MR) is 80.3 cm³/mol. The number of fused-ring (bicyclic) bond motifs is 1.